The lowest BCUT2D eigenvalue weighted by molar-refractivity contribution is 0.415. The lowest BCUT2D eigenvalue weighted by Crippen LogP contribution is -2.44. The topological polar surface area (TPSA) is 34.1 Å². The lowest BCUT2D eigenvalue weighted by Gasteiger charge is -2.37. The summed E-state index contributed by atoms with van der Waals surface area (Å²) in [7, 11) is -0.275. The maximum Gasteiger partial charge on any atom is 0.250 e. The Morgan fingerprint density at radius 2 is 1.79 bits per heavy atom. The number of rotatable bonds is 5. The maximum atomic E-state index is 6.70. The quantitative estimate of drug-likeness (QED) is 0.574. The highest BCUT2D eigenvalue weighted by atomic mass is 28.4. The molecule has 1 aliphatic heterocycles. The number of hydrogen-bond donors (Lipinski definition) is 0. The predicted octanol–water partition coefficient (Wildman–Crippen LogP) is 6.11. The van der Waals surface area contributed by atoms with E-state index in [4.69, 9.17) is 9.16 Å². The Bertz CT molecular complexity index is 898. The van der Waals surface area contributed by atoms with Crippen LogP contribution in [0.25, 0.3) is 11.1 Å². The minimum atomic E-state index is -1.97. The minimum absolute atomic E-state index is 0.127. The molecule has 2 aromatic rings. The third kappa shape index (κ3) is 4.14. The van der Waals surface area contributed by atoms with E-state index < -0.39 is 8.32 Å². The Kier molecular flexibility index (Phi) is 5.66. The Hall–Kier alpha value is -2.53. The second kappa shape index (κ2) is 7.84. The Labute approximate surface area is 169 Å². The fourth-order valence-corrected chi connectivity index (χ4v) is 3.89. The number of methoxy groups -OCH3 is 1. The van der Waals surface area contributed by atoms with E-state index in [0.717, 1.165) is 28.3 Å². The van der Waals surface area contributed by atoms with Crippen LogP contribution in [0.15, 0.2) is 59.7 Å². The molecule has 0 bridgehead atoms. The van der Waals surface area contributed by atoms with Gasteiger partial charge in [0.25, 0.3) is 8.32 Å². The fraction of sp³-hybridized carbons (Fsp3) is 0.348. The summed E-state index contributed by atoms with van der Waals surface area (Å²) in [5.41, 5.74) is 3.24. The van der Waals surface area contributed by atoms with Gasteiger partial charge in [-0.3, -0.25) is 4.99 Å². The molecule has 3 rings (SSSR count). The molecular formula is C23H30N2O2Si. The first-order valence-electron chi connectivity index (χ1n) is 9.63. The predicted molar refractivity (Wildman–Crippen MR) is 121 cm³/mol. The second-order valence-electron chi connectivity index (χ2n) is 8.53. The van der Waals surface area contributed by atoms with Crippen LogP contribution >= 0.6 is 0 Å². The second-order valence-corrected chi connectivity index (χ2v) is 13.3. The average molecular weight is 395 g/mol. The molecule has 0 saturated heterocycles. The molecule has 148 valence electrons. The van der Waals surface area contributed by atoms with Crippen LogP contribution < -0.4 is 14.1 Å². The third-order valence-corrected chi connectivity index (χ3v) is 9.90. The zero-order valence-corrected chi connectivity index (χ0v) is 18.7. The first-order valence-corrected chi connectivity index (χ1v) is 12.5. The van der Waals surface area contributed by atoms with E-state index in [0.29, 0.717) is 6.67 Å². The fourth-order valence-electron chi connectivity index (χ4n) is 2.86. The van der Waals surface area contributed by atoms with E-state index in [1.54, 1.807) is 7.11 Å². The van der Waals surface area contributed by atoms with E-state index in [9.17, 15) is 0 Å². The van der Waals surface area contributed by atoms with Crippen molar-refractivity contribution < 1.29 is 9.16 Å². The van der Waals surface area contributed by atoms with Gasteiger partial charge in [-0.2, -0.15) is 0 Å². The summed E-state index contributed by atoms with van der Waals surface area (Å²) in [6.07, 6.45) is 5.83. The van der Waals surface area contributed by atoms with Crippen LogP contribution in [0.5, 0.6) is 11.5 Å². The van der Waals surface area contributed by atoms with Gasteiger partial charge in [0.15, 0.2) is 0 Å². The van der Waals surface area contributed by atoms with E-state index in [-0.39, 0.29) is 5.04 Å². The van der Waals surface area contributed by atoms with Crippen molar-refractivity contribution in [1.82, 2.24) is 0 Å². The molecule has 0 fully saturated rings. The Balaban J connectivity index is 2.11. The van der Waals surface area contributed by atoms with Crippen LogP contribution in [0.2, 0.25) is 18.1 Å². The molecule has 0 aromatic heterocycles. The molecule has 0 aliphatic carbocycles. The summed E-state index contributed by atoms with van der Waals surface area (Å²) in [4.78, 5) is 6.52. The SMILES string of the molecule is COc1ccc(N2C=CC=NC2)c(-c2ccccc2O[Si](C)(C)C(C)(C)C)c1. The number of aliphatic imine (C=N–C) groups is 1. The van der Waals surface area contributed by atoms with Crippen molar-refractivity contribution in [1.29, 1.82) is 0 Å². The van der Waals surface area contributed by atoms with Crippen molar-refractivity contribution in [3.63, 3.8) is 0 Å². The van der Waals surface area contributed by atoms with Gasteiger partial charge in [-0.05, 0) is 48.5 Å². The highest BCUT2D eigenvalue weighted by Crippen LogP contribution is 2.43. The van der Waals surface area contributed by atoms with E-state index in [1.165, 1.54) is 0 Å². The first kappa shape index (κ1) is 20.2. The van der Waals surface area contributed by atoms with Gasteiger partial charge in [0.05, 0.1) is 12.8 Å². The molecule has 2 aromatic carbocycles. The van der Waals surface area contributed by atoms with Crippen molar-refractivity contribution >= 4 is 20.2 Å². The van der Waals surface area contributed by atoms with Gasteiger partial charge in [0.2, 0.25) is 0 Å². The molecule has 0 amide bonds. The summed E-state index contributed by atoms with van der Waals surface area (Å²) < 4.78 is 12.2. The number of allylic oxidation sites excluding steroid dienone is 1. The summed E-state index contributed by atoms with van der Waals surface area (Å²) >= 11 is 0. The number of nitrogens with zero attached hydrogens (tertiary/aromatic N) is 2. The monoisotopic (exact) mass is 394 g/mol. The Morgan fingerprint density at radius 1 is 1.04 bits per heavy atom. The van der Waals surface area contributed by atoms with E-state index in [1.807, 2.05) is 24.4 Å². The van der Waals surface area contributed by atoms with Crippen LogP contribution in [0, 0.1) is 0 Å². The number of para-hydroxylation sites is 1. The van der Waals surface area contributed by atoms with Crippen molar-refractivity contribution in [2.45, 2.75) is 38.9 Å². The normalized spacial score (nSPS) is 14.3. The van der Waals surface area contributed by atoms with Gasteiger partial charge in [-0.15, -0.1) is 0 Å². The number of benzene rings is 2. The van der Waals surface area contributed by atoms with Crippen LogP contribution in [-0.2, 0) is 0 Å². The first-order chi connectivity index (χ1) is 13.2. The van der Waals surface area contributed by atoms with E-state index in [2.05, 4.69) is 80.3 Å². The van der Waals surface area contributed by atoms with Gasteiger partial charge in [0.1, 0.15) is 18.2 Å². The molecule has 0 atom stereocenters. The smallest absolute Gasteiger partial charge is 0.250 e. The number of ether oxygens (including phenoxy) is 1. The van der Waals surface area contributed by atoms with Gasteiger partial charge >= 0.3 is 0 Å². The molecule has 5 heteroatoms. The van der Waals surface area contributed by atoms with Gasteiger partial charge in [-0.25, -0.2) is 0 Å². The van der Waals surface area contributed by atoms with Crippen LogP contribution in [0.1, 0.15) is 20.8 Å². The molecule has 1 heterocycles. The van der Waals surface area contributed by atoms with Gasteiger partial charge in [-0.1, -0.05) is 39.0 Å². The largest absolute Gasteiger partial charge is 0.543 e. The highest BCUT2D eigenvalue weighted by Gasteiger charge is 2.39. The molecule has 28 heavy (non-hydrogen) atoms. The number of anilines is 1. The van der Waals surface area contributed by atoms with Gasteiger partial charge < -0.3 is 14.1 Å². The summed E-state index contributed by atoms with van der Waals surface area (Å²) in [6, 6.07) is 14.4. The standard InChI is InChI=1S/C23H30N2O2Si/c1-23(2,3)28(5,6)27-22-11-8-7-10-19(22)20-16-18(26-4)12-13-21(20)25-15-9-14-24-17-25/h7-16H,17H2,1-6H3. The highest BCUT2D eigenvalue weighted by molar-refractivity contribution is 6.74. The van der Waals surface area contributed by atoms with Crippen molar-refractivity contribution in [3.05, 3.63) is 54.7 Å². The molecule has 0 unspecified atom stereocenters. The summed E-state index contributed by atoms with van der Waals surface area (Å²) in [5.74, 6) is 1.75. The molecule has 0 radical (unpaired) electrons. The Morgan fingerprint density at radius 3 is 2.43 bits per heavy atom. The zero-order valence-electron chi connectivity index (χ0n) is 17.7. The molecule has 0 N–H and O–H groups in total. The van der Waals surface area contributed by atoms with Crippen LogP contribution in [0.4, 0.5) is 5.69 Å². The van der Waals surface area contributed by atoms with Crippen molar-refractivity contribution in [2.24, 2.45) is 4.99 Å². The summed E-state index contributed by atoms with van der Waals surface area (Å²) in [5, 5.41) is 0.127. The zero-order chi connectivity index (χ0) is 20.4. The number of hydrogen-bond acceptors (Lipinski definition) is 4. The minimum Gasteiger partial charge on any atom is -0.543 e. The summed E-state index contributed by atoms with van der Waals surface area (Å²) in [6.45, 7) is 11.9. The lowest BCUT2D eigenvalue weighted by atomic mass is 10.0. The average Bonchev–Trinajstić information content (AvgIpc) is 2.67. The molecule has 4 nitrogen and oxygen atoms in total. The van der Waals surface area contributed by atoms with Crippen LogP contribution in [0.3, 0.4) is 0 Å². The molecular weight excluding hydrogens is 364 g/mol. The van der Waals surface area contributed by atoms with Crippen molar-refractivity contribution in [3.8, 4) is 22.6 Å². The van der Waals surface area contributed by atoms with Crippen LogP contribution in [-0.4, -0.2) is 28.3 Å². The molecule has 1 aliphatic rings. The van der Waals surface area contributed by atoms with Crippen molar-refractivity contribution in [2.75, 3.05) is 18.7 Å². The molecule has 0 saturated carbocycles. The van der Waals surface area contributed by atoms with Gasteiger partial charge in [0, 0.05) is 23.5 Å². The maximum absolute atomic E-state index is 6.70. The molecule has 0 spiro atoms. The van der Waals surface area contributed by atoms with E-state index >= 15 is 0 Å². The third-order valence-electron chi connectivity index (χ3n) is 5.55.